The molecular formula is C13H19N3O3. The van der Waals surface area contributed by atoms with Crippen LogP contribution >= 0.6 is 0 Å². The Hall–Kier alpha value is -1.85. The van der Waals surface area contributed by atoms with Crippen LogP contribution in [0.1, 0.15) is 38.5 Å². The van der Waals surface area contributed by atoms with E-state index in [1.165, 1.54) is 13.4 Å². The molecule has 6 nitrogen and oxygen atoms in total. The topological polar surface area (TPSA) is 84.3 Å². The highest BCUT2D eigenvalue weighted by Crippen LogP contribution is 2.31. The van der Waals surface area contributed by atoms with Gasteiger partial charge >= 0.3 is 5.97 Å². The van der Waals surface area contributed by atoms with Crippen molar-refractivity contribution in [2.45, 2.75) is 44.1 Å². The number of aliphatic carboxylic acids is 1. The zero-order valence-electron chi connectivity index (χ0n) is 11.1. The van der Waals surface area contributed by atoms with Gasteiger partial charge in [0.05, 0.1) is 7.11 Å². The number of carboxylic acid groups (broad SMARTS) is 1. The first-order chi connectivity index (χ1) is 9.16. The van der Waals surface area contributed by atoms with E-state index in [2.05, 4.69) is 15.3 Å². The Morgan fingerprint density at radius 2 is 2.00 bits per heavy atom. The predicted octanol–water partition coefficient (Wildman–Crippen LogP) is 2.07. The number of nitrogens with zero attached hydrogens (tertiary/aromatic N) is 2. The molecule has 1 aliphatic carbocycles. The Labute approximate surface area is 112 Å². The van der Waals surface area contributed by atoms with Gasteiger partial charge in [-0.3, -0.25) is 0 Å². The van der Waals surface area contributed by atoms with Gasteiger partial charge < -0.3 is 15.2 Å². The molecule has 1 fully saturated rings. The highest BCUT2D eigenvalue weighted by atomic mass is 16.5. The van der Waals surface area contributed by atoms with E-state index in [-0.39, 0.29) is 0 Å². The van der Waals surface area contributed by atoms with Crippen LogP contribution < -0.4 is 10.1 Å². The van der Waals surface area contributed by atoms with E-state index in [1.54, 1.807) is 6.07 Å². The highest BCUT2D eigenvalue weighted by molar-refractivity contribution is 5.82. The number of carboxylic acids is 1. The maximum atomic E-state index is 11.7. The lowest BCUT2D eigenvalue weighted by atomic mass is 9.90. The maximum Gasteiger partial charge on any atom is 0.329 e. The zero-order valence-corrected chi connectivity index (χ0v) is 11.1. The molecule has 1 aromatic rings. The van der Waals surface area contributed by atoms with Gasteiger partial charge in [0.2, 0.25) is 5.88 Å². The first-order valence-electron chi connectivity index (χ1n) is 6.54. The van der Waals surface area contributed by atoms with Gasteiger partial charge in [-0.1, -0.05) is 25.7 Å². The lowest BCUT2D eigenvalue weighted by Crippen LogP contribution is -2.46. The fraction of sp³-hybridized carbons (Fsp3) is 0.615. The van der Waals surface area contributed by atoms with Crippen molar-refractivity contribution in [3.8, 4) is 5.88 Å². The summed E-state index contributed by atoms with van der Waals surface area (Å²) in [5.41, 5.74) is -0.921. The maximum absolute atomic E-state index is 11.7. The lowest BCUT2D eigenvalue weighted by Gasteiger charge is -2.29. The van der Waals surface area contributed by atoms with Crippen molar-refractivity contribution in [3.05, 3.63) is 12.4 Å². The second kappa shape index (κ2) is 5.86. The van der Waals surface area contributed by atoms with Crippen LogP contribution in [0.4, 0.5) is 5.82 Å². The largest absolute Gasteiger partial charge is 0.481 e. The quantitative estimate of drug-likeness (QED) is 0.811. The van der Waals surface area contributed by atoms with Gasteiger partial charge in [-0.15, -0.1) is 0 Å². The van der Waals surface area contributed by atoms with E-state index in [0.29, 0.717) is 24.5 Å². The fourth-order valence-electron chi connectivity index (χ4n) is 2.49. The van der Waals surface area contributed by atoms with Crippen molar-refractivity contribution in [2.75, 3.05) is 12.4 Å². The van der Waals surface area contributed by atoms with Gasteiger partial charge in [0.1, 0.15) is 17.7 Å². The molecular weight excluding hydrogens is 246 g/mol. The van der Waals surface area contributed by atoms with Crippen LogP contribution in [0.5, 0.6) is 5.88 Å². The zero-order chi connectivity index (χ0) is 13.7. The average Bonchev–Trinajstić information content (AvgIpc) is 2.65. The third kappa shape index (κ3) is 3.13. The molecule has 0 spiro atoms. The van der Waals surface area contributed by atoms with Crippen LogP contribution in [-0.4, -0.2) is 33.7 Å². The second-order valence-electron chi connectivity index (χ2n) is 4.87. The summed E-state index contributed by atoms with van der Waals surface area (Å²) in [6.45, 7) is 0. The molecule has 1 aliphatic rings. The minimum Gasteiger partial charge on any atom is -0.481 e. The van der Waals surface area contributed by atoms with Crippen LogP contribution in [0.25, 0.3) is 0 Å². The molecule has 0 aliphatic heterocycles. The van der Waals surface area contributed by atoms with Crippen LogP contribution in [-0.2, 0) is 4.79 Å². The SMILES string of the molecule is COc1cc(NC2(C(=O)O)CCCCCC2)ncn1. The summed E-state index contributed by atoms with van der Waals surface area (Å²) in [5, 5.41) is 12.6. The molecule has 0 aromatic carbocycles. The molecule has 0 amide bonds. The predicted molar refractivity (Wildman–Crippen MR) is 70.3 cm³/mol. The summed E-state index contributed by atoms with van der Waals surface area (Å²) in [6, 6.07) is 1.62. The number of methoxy groups -OCH3 is 1. The van der Waals surface area contributed by atoms with Crippen molar-refractivity contribution in [1.29, 1.82) is 0 Å². The number of hydrogen-bond donors (Lipinski definition) is 2. The third-order valence-electron chi connectivity index (χ3n) is 3.58. The summed E-state index contributed by atoms with van der Waals surface area (Å²) in [7, 11) is 1.52. The number of hydrogen-bond acceptors (Lipinski definition) is 5. The molecule has 1 aromatic heterocycles. The molecule has 0 radical (unpaired) electrons. The van der Waals surface area contributed by atoms with Crippen molar-refractivity contribution in [3.63, 3.8) is 0 Å². The number of nitrogens with one attached hydrogen (secondary N) is 1. The lowest BCUT2D eigenvalue weighted by molar-refractivity contribution is -0.142. The van der Waals surface area contributed by atoms with E-state index < -0.39 is 11.5 Å². The number of ether oxygens (including phenoxy) is 1. The van der Waals surface area contributed by atoms with Gasteiger partial charge in [0, 0.05) is 6.07 Å². The third-order valence-corrected chi connectivity index (χ3v) is 3.58. The van der Waals surface area contributed by atoms with E-state index in [9.17, 15) is 9.90 Å². The molecule has 104 valence electrons. The molecule has 1 heterocycles. The average molecular weight is 265 g/mol. The standard InChI is InChI=1S/C13H19N3O3/c1-19-11-8-10(14-9-15-11)16-13(12(17)18)6-4-2-3-5-7-13/h8-9H,2-7H2,1H3,(H,17,18)(H,14,15,16). The second-order valence-corrected chi connectivity index (χ2v) is 4.87. The van der Waals surface area contributed by atoms with Crippen molar-refractivity contribution in [1.82, 2.24) is 9.97 Å². The molecule has 1 saturated carbocycles. The summed E-state index contributed by atoms with van der Waals surface area (Å²) >= 11 is 0. The summed E-state index contributed by atoms with van der Waals surface area (Å²) < 4.78 is 5.02. The Morgan fingerprint density at radius 1 is 1.32 bits per heavy atom. The summed E-state index contributed by atoms with van der Waals surface area (Å²) in [6.07, 6.45) is 6.62. The minimum absolute atomic E-state index is 0.423. The van der Waals surface area contributed by atoms with Gasteiger partial charge in [-0.05, 0) is 12.8 Å². The van der Waals surface area contributed by atoms with E-state index in [4.69, 9.17) is 4.74 Å². The molecule has 0 atom stereocenters. The van der Waals surface area contributed by atoms with E-state index >= 15 is 0 Å². The first-order valence-corrected chi connectivity index (χ1v) is 6.54. The normalized spacial score (nSPS) is 18.4. The van der Waals surface area contributed by atoms with Crippen molar-refractivity contribution < 1.29 is 14.6 Å². The Morgan fingerprint density at radius 3 is 2.58 bits per heavy atom. The molecule has 0 saturated heterocycles. The molecule has 6 heteroatoms. The Kier molecular flexibility index (Phi) is 4.19. The fourth-order valence-corrected chi connectivity index (χ4v) is 2.49. The molecule has 0 bridgehead atoms. The van der Waals surface area contributed by atoms with Gasteiger partial charge in [0.15, 0.2) is 0 Å². The Bertz CT molecular complexity index is 443. The van der Waals surface area contributed by atoms with Crippen LogP contribution in [0.2, 0.25) is 0 Å². The molecule has 2 rings (SSSR count). The highest BCUT2D eigenvalue weighted by Gasteiger charge is 2.38. The summed E-state index contributed by atoms with van der Waals surface area (Å²) in [4.78, 5) is 19.6. The number of rotatable bonds is 4. The monoisotopic (exact) mass is 265 g/mol. The van der Waals surface area contributed by atoms with Gasteiger partial charge in [-0.2, -0.15) is 0 Å². The van der Waals surface area contributed by atoms with Gasteiger partial charge in [-0.25, -0.2) is 14.8 Å². The molecule has 0 unspecified atom stereocenters. The first kappa shape index (κ1) is 13.6. The van der Waals surface area contributed by atoms with Crippen molar-refractivity contribution >= 4 is 11.8 Å². The summed E-state index contributed by atoms with van der Waals surface area (Å²) in [5.74, 6) is 0.106. The van der Waals surface area contributed by atoms with E-state index in [1.807, 2.05) is 0 Å². The van der Waals surface area contributed by atoms with E-state index in [0.717, 1.165) is 25.7 Å². The van der Waals surface area contributed by atoms with Crippen molar-refractivity contribution in [2.24, 2.45) is 0 Å². The minimum atomic E-state index is -0.921. The number of carbonyl (C=O) groups is 1. The van der Waals surface area contributed by atoms with Crippen LogP contribution in [0, 0.1) is 0 Å². The number of anilines is 1. The number of aromatic nitrogens is 2. The van der Waals surface area contributed by atoms with Crippen LogP contribution in [0.3, 0.4) is 0 Å². The molecule has 19 heavy (non-hydrogen) atoms. The Balaban J connectivity index is 2.21. The molecule has 2 N–H and O–H groups in total. The van der Waals surface area contributed by atoms with Crippen LogP contribution in [0.15, 0.2) is 12.4 Å². The smallest absolute Gasteiger partial charge is 0.329 e. The van der Waals surface area contributed by atoms with Gasteiger partial charge in [0.25, 0.3) is 0 Å².